The molecule has 84 valence electrons. The Bertz CT molecular complexity index is 580. The van der Waals surface area contributed by atoms with E-state index >= 15 is 0 Å². The smallest absolute Gasteiger partial charge is 0.0954 e. The SMILES string of the molecule is [B]c1cc(C=CC)c2cc([B])cc(C=CC)c2c1. The molecule has 0 unspecified atom stereocenters. The maximum atomic E-state index is 5.97. The van der Waals surface area contributed by atoms with Gasteiger partial charge >= 0.3 is 0 Å². The lowest BCUT2D eigenvalue weighted by molar-refractivity contribution is 1.70. The monoisotopic (exact) mass is 228 g/mol. The second-order valence-electron chi connectivity index (χ2n) is 4.32. The molecule has 0 aliphatic heterocycles. The normalized spacial score (nSPS) is 11.9. The largest absolute Gasteiger partial charge is 0.113 e. The van der Waals surface area contributed by atoms with Crippen LogP contribution in [-0.4, -0.2) is 15.7 Å². The summed E-state index contributed by atoms with van der Waals surface area (Å²) in [4.78, 5) is 0. The third-order valence-electron chi connectivity index (χ3n) is 2.87. The minimum absolute atomic E-state index is 0.770. The number of benzene rings is 2. The lowest BCUT2D eigenvalue weighted by Gasteiger charge is -2.10. The Morgan fingerprint density at radius 1 is 0.722 bits per heavy atom. The molecule has 18 heavy (non-hydrogen) atoms. The highest BCUT2D eigenvalue weighted by Gasteiger charge is 2.04. The van der Waals surface area contributed by atoms with Gasteiger partial charge in [-0.15, -0.1) is 0 Å². The highest BCUT2D eigenvalue weighted by Crippen LogP contribution is 2.22. The second kappa shape index (κ2) is 5.30. The van der Waals surface area contributed by atoms with Crippen LogP contribution < -0.4 is 10.9 Å². The molecule has 0 spiro atoms. The first-order valence-electron chi connectivity index (χ1n) is 6.04. The van der Waals surface area contributed by atoms with Crippen molar-refractivity contribution >= 4 is 49.5 Å². The molecule has 0 aliphatic carbocycles. The molecule has 0 heterocycles. The predicted octanol–water partition coefficient (Wildman–Crippen LogP) is 2.49. The Hall–Kier alpha value is -1.69. The van der Waals surface area contributed by atoms with Crippen LogP contribution in [0.15, 0.2) is 36.4 Å². The van der Waals surface area contributed by atoms with Crippen LogP contribution >= 0.6 is 0 Å². The maximum absolute atomic E-state index is 5.97. The van der Waals surface area contributed by atoms with E-state index in [-0.39, 0.29) is 0 Å². The van der Waals surface area contributed by atoms with E-state index in [2.05, 4.69) is 12.2 Å². The Balaban J connectivity index is 2.88. The lowest BCUT2D eigenvalue weighted by Crippen LogP contribution is -2.07. The molecule has 0 N–H and O–H groups in total. The van der Waals surface area contributed by atoms with Gasteiger partial charge in [-0.1, -0.05) is 59.5 Å². The van der Waals surface area contributed by atoms with Gasteiger partial charge in [-0.25, -0.2) is 0 Å². The van der Waals surface area contributed by atoms with Crippen molar-refractivity contribution in [3.05, 3.63) is 47.5 Å². The molecule has 0 nitrogen and oxygen atoms in total. The molecule has 0 aromatic heterocycles. The third-order valence-corrected chi connectivity index (χ3v) is 2.87. The quantitative estimate of drug-likeness (QED) is 0.692. The van der Waals surface area contributed by atoms with Crippen LogP contribution in [0.2, 0.25) is 0 Å². The van der Waals surface area contributed by atoms with Gasteiger partial charge in [0.1, 0.15) is 15.7 Å². The zero-order valence-corrected chi connectivity index (χ0v) is 10.8. The van der Waals surface area contributed by atoms with Gasteiger partial charge < -0.3 is 0 Å². The summed E-state index contributed by atoms with van der Waals surface area (Å²) in [5, 5.41) is 2.27. The van der Waals surface area contributed by atoms with Crippen LogP contribution in [0, 0.1) is 0 Å². The van der Waals surface area contributed by atoms with Crippen molar-refractivity contribution < 1.29 is 0 Å². The van der Waals surface area contributed by atoms with Crippen LogP contribution in [-0.2, 0) is 0 Å². The topological polar surface area (TPSA) is 0 Å². The average molecular weight is 228 g/mol. The van der Waals surface area contributed by atoms with Crippen LogP contribution in [0.5, 0.6) is 0 Å². The van der Waals surface area contributed by atoms with Gasteiger partial charge in [-0.2, -0.15) is 0 Å². The zero-order valence-electron chi connectivity index (χ0n) is 10.8. The van der Waals surface area contributed by atoms with Crippen molar-refractivity contribution in [1.29, 1.82) is 0 Å². The summed E-state index contributed by atoms with van der Waals surface area (Å²) in [7, 11) is 11.9. The number of allylic oxidation sites excluding steroid dienone is 2. The third kappa shape index (κ3) is 2.43. The highest BCUT2D eigenvalue weighted by atomic mass is 14.1. The first-order valence-corrected chi connectivity index (χ1v) is 6.04. The minimum Gasteiger partial charge on any atom is -0.0954 e. The van der Waals surface area contributed by atoms with Gasteiger partial charge in [-0.05, 0) is 35.7 Å². The Kier molecular flexibility index (Phi) is 3.76. The number of fused-ring (bicyclic) bond motifs is 1. The summed E-state index contributed by atoms with van der Waals surface area (Å²) >= 11 is 0. The number of hydrogen-bond donors (Lipinski definition) is 0. The molecule has 2 rings (SSSR count). The molecule has 0 aliphatic rings. The van der Waals surface area contributed by atoms with Crippen LogP contribution in [0.25, 0.3) is 22.9 Å². The van der Waals surface area contributed by atoms with Gasteiger partial charge in [-0.3, -0.25) is 0 Å². The first kappa shape index (κ1) is 12.8. The van der Waals surface area contributed by atoms with Crippen LogP contribution in [0.3, 0.4) is 0 Å². The first-order chi connectivity index (χ1) is 8.65. The van der Waals surface area contributed by atoms with Gasteiger partial charge in [0.2, 0.25) is 0 Å². The van der Waals surface area contributed by atoms with Crippen molar-refractivity contribution in [2.75, 3.05) is 0 Å². The second-order valence-corrected chi connectivity index (χ2v) is 4.32. The van der Waals surface area contributed by atoms with Gasteiger partial charge in [0.15, 0.2) is 0 Å². The van der Waals surface area contributed by atoms with Crippen LogP contribution in [0.1, 0.15) is 25.0 Å². The number of rotatable bonds is 2. The van der Waals surface area contributed by atoms with E-state index in [0.29, 0.717) is 0 Å². The maximum Gasteiger partial charge on any atom is 0.113 e. The fraction of sp³-hybridized carbons (Fsp3) is 0.125. The molecular formula is C16H14B2. The summed E-state index contributed by atoms with van der Waals surface area (Å²) < 4.78 is 0. The molecule has 0 amide bonds. The van der Waals surface area contributed by atoms with Crippen LogP contribution in [0.4, 0.5) is 0 Å². The summed E-state index contributed by atoms with van der Waals surface area (Å²) in [6.07, 6.45) is 8.12. The van der Waals surface area contributed by atoms with E-state index in [1.807, 2.05) is 50.3 Å². The fourth-order valence-electron chi connectivity index (χ4n) is 2.20. The molecule has 0 saturated carbocycles. The van der Waals surface area contributed by atoms with E-state index in [9.17, 15) is 0 Å². The predicted molar refractivity (Wildman–Crippen MR) is 84.1 cm³/mol. The number of hydrogen-bond acceptors (Lipinski definition) is 0. The zero-order chi connectivity index (χ0) is 13.1. The lowest BCUT2D eigenvalue weighted by atomic mass is 9.84. The average Bonchev–Trinajstić information content (AvgIpc) is 2.31. The van der Waals surface area contributed by atoms with Crippen molar-refractivity contribution in [3.8, 4) is 0 Å². The summed E-state index contributed by atoms with van der Waals surface area (Å²) in [5.74, 6) is 0. The van der Waals surface area contributed by atoms with E-state index < -0.39 is 0 Å². The molecule has 4 radical (unpaired) electrons. The summed E-state index contributed by atoms with van der Waals surface area (Å²) in [5.41, 5.74) is 3.74. The van der Waals surface area contributed by atoms with Crippen molar-refractivity contribution in [2.24, 2.45) is 0 Å². The van der Waals surface area contributed by atoms with Gasteiger partial charge in [0.25, 0.3) is 0 Å². The van der Waals surface area contributed by atoms with E-state index in [1.54, 1.807) is 0 Å². The van der Waals surface area contributed by atoms with Gasteiger partial charge in [0.05, 0.1) is 0 Å². The Labute approximate surface area is 111 Å². The van der Waals surface area contributed by atoms with Crippen molar-refractivity contribution in [3.63, 3.8) is 0 Å². The van der Waals surface area contributed by atoms with Crippen molar-refractivity contribution in [2.45, 2.75) is 13.8 Å². The molecule has 2 heteroatoms. The molecule has 2 aromatic carbocycles. The molecule has 0 saturated heterocycles. The minimum atomic E-state index is 0.770. The van der Waals surface area contributed by atoms with Crippen molar-refractivity contribution in [1.82, 2.24) is 0 Å². The molecule has 0 bridgehead atoms. The summed E-state index contributed by atoms with van der Waals surface area (Å²) in [6, 6.07) is 7.94. The van der Waals surface area contributed by atoms with E-state index in [4.69, 9.17) is 15.7 Å². The van der Waals surface area contributed by atoms with E-state index in [1.165, 1.54) is 0 Å². The summed E-state index contributed by atoms with van der Waals surface area (Å²) in [6.45, 7) is 3.99. The molecule has 0 atom stereocenters. The molecular weight excluding hydrogens is 214 g/mol. The Morgan fingerprint density at radius 2 is 1.11 bits per heavy atom. The Morgan fingerprint density at radius 3 is 1.44 bits per heavy atom. The standard InChI is InChI=1S/C16H14B2/c1-3-5-11-7-13(17)10-16-12(6-4-2)8-14(18)9-15(11)16/h3-10H,1-2H3. The van der Waals surface area contributed by atoms with E-state index in [0.717, 1.165) is 32.8 Å². The molecule has 2 aromatic rings. The van der Waals surface area contributed by atoms with Gasteiger partial charge in [0, 0.05) is 0 Å². The highest BCUT2D eigenvalue weighted by molar-refractivity contribution is 6.35. The molecule has 0 fully saturated rings. The fourth-order valence-corrected chi connectivity index (χ4v) is 2.20.